The zero-order valence-corrected chi connectivity index (χ0v) is 12.6. The van der Waals surface area contributed by atoms with Gasteiger partial charge in [0.1, 0.15) is 0 Å². The molecular weight excluding hydrogens is 268 g/mol. The molecule has 4 unspecified atom stereocenters. The molecule has 1 saturated carbocycles. The van der Waals surface area contributed by atoms with Crippen LogP contribution in [0, 0.1) is 11.8 Å². The Hall–Kier alpha value is -1.10. The lowest BCUT2D eigenvalue weighted by atomic mass is 9.78. The molecule has 5 heteroatoms. The summed E-state index contributed by atoms with van der Waals surface area (Å²) in [5.41, 5.74) is 0. The summed E-state index contributed by atoms with van der Waals surface area (Å²) in [4.78, 5) is 26.3. The second-order valence-electron chi connectivity index (χ2n) is 6.90. The van der Waals surface area contributed by atoms with Crippen LogP contribution in [0.1, 0.15) is 51.4 Å². The molecule has 0 radical (unpaired) electrons. The van der Waals surface area contributed by atoms with Crippen LogP contribution in [0.3, 0.4) is 0 Å². The van der Waals surface area contributed by atoms with Gasteiger partial charge in [-0.25, -0.2) is 0 Å². The highest BCUT2D eigenvalue weighted by Crippen LogP contribution is 2.31. The van der Waals surface area contributed by atoms with Crippen LogP contribution in [0.15, 0.2) is 0 Å². The van der Waals surface area contributed by atoms with E-state index in [-0.39, 0.29) is 17.9 Å². The second-order valence-corrected chi connectivity index (χ2v) is 6.90. The minimum atomic E-state index is -0.805. The highest BCUT2D eigenvalue weighted by molar-refractivity contribution is 5.85. The van der Waals surface area contributed by atoms with Gasteiger partial charge in [0, 0.05) is 18.6 Å². The maximum Gasteiger partial charge on any atom is 0.307 e. The van der Waals surface area contributed by atoms with Crippen LogP contribution in [-0.4, -0.2) is 47.1 Å². The Bertz CT molecular complexity index is 412. The molecule has 2 N–H and O–H groups in total. The van der Waals surface area contributed by atoms with Crippen LogP contribution >= 0.6 is 0 Å². The molecule has 1 amide bonds. The number of carboxylic acid groups (broad SMARTS) is 1. The normalized spacial score (nSPS) is 37.0. The fourth-order valence-corrected chi connectivity index (χ4v) is 4.40. The van der Waals surface area contributed by atoms with E-state index in [1.807, 2.05) is 0 Å². The summed E-state index contributed by atoms with van der Waals surface area (Å²) >= 11 is 0. The van der Waals surface area contributed by atoms with Crippen LogP contribution < -0.4 is 5.32 Å². The van der Waals surface area contributed by atoms with Gasteiger partial charge >= 0.3 is 5.97 Å². The minimum absolute atomic E-state index is 0.0152. The van der Waals surface area contributed by atoms with E-state index in [0.717, 1.165) is 38.6 Å². The Balaban J connectivity index is 1.56. The standard InChI is InChI=1S/C16H26N2O3/c19-15(13-5-1-2-6-14(13)16(20)21)17-11-7-9-18-8-3-4-12(18)10-11/h11-14H,1-10H2,(H,17,19)(H,20,21). The van der Waals surface area contributed by atoms with Gasteiger partial charge in [-0.2, -0.15) is 0 Å². The van der Waals surface area contributed by atoms with Crippen molar-refractivity contribution in [2.24, 2.45) is 11.8 Å². The van der Waals surface area contributed by atoms with E-state index in [1.165, 1.54) is 19.4 Å². The van der Waals surface area contributed by atoms with Crippen molar-refractivity contribution in [3.63, 3.8) is 0 Å². The molecule has 0 aromatic carbocycles. The van der Waals surface area contributed by atoms with Crippen molar-refractivity contribution in [1.82, 2.24) is 10.2 Å². The number of rotatable bonds is 3. The van der Waals surface area contributed by atoms with Crippen molar-refractivity contribution < 1.29 is 14.7 Å². The van der Waals surface area contributed by atoms with Crippen molar-refractivity contribution >= 4 is 11.9 Å². The lowest BCUT2D eigenvalue weighted by Crippen LogP contribution is -2.50. The summed E-state index contributed by atoms with van der Waals surface area (Å²) in [5.74, 6) is -1.62. The van der Waals surface area contributed by atoms with E-state index < -0.39 is 11.9 Å². The van der Waals surface area contributed by atoms with E-state index in [9.17, 15) is 14.7 Å². The summed E-state index contributed by atoms with van der Waals surface area (Å²) in [6.07, 6.45) is 7.84. The van der Waals surface area contributed by atoms with Gasteiger partial charge in [-0.3, -0.25) is 9.59 Å². The predicted octanol–water partition coefficient (Wildman–Crippen LogP) is 1.62. The first kappa shape index (κ1) is 14.8. The highest BCUT2D eigenvalue weighted by atomic mass is 16.4. The Kier molecular flexibility index (Phi) is 4.48. The number of hydrogen-bond acceptors (Lipinski definition) is 3. The number of nitrogens with one attached hydrogen (secondary N) is 1. The topological polar surface area (TPSA) is 69.6 Å². The third-order valence-corrected chi connectivity index (χ3v) is 5.59. The number of carboxylic acids is 1. The molecule has 2 heterocycles. The lowest BCUT2D eigenvalue weighted by Gasteiger charge is -2.36. The van der Waals surface area contributed by atoms with Crippen LogP contribution in [0.2, 0.25) is 0 Å². The quantitative estimate of drug-likeness (QED) is 0.830. The molecular formula is C16H26N2O3. The van der Waals surface area contributed by atoms with Crippen molar-refractivity contribution in [3.05, 3.63) is 0 Å². The molecule has 2 saturated heterocycles. The maximum absolute atomic E-state index is 12.5. The number of piperidine rings is 1. The zero-order chi connectivity index (χ0) is 14.8. The van der Waals surface area contributed by atoms with E-state index in [4.69, 9.17) is 0 Å². The fourth-order valence-electron chi connectivity index (χ4n) is 4.40. The molecule has 0 aromatic heterocycles. The average Bonchev–Trinajstić information content (AvgIpc) is 2.94. The first-order valence-corrected chi connectivity index (χ1v) is 8.42. The summed E-state index contributed by atoms with van der Waals surface area (Å²) in [7, 11) is 0. The maximum atomic E-state index is 12.5. The molecule has 3 fully saturated rings. The molecule has 0 aromatic rings. The first-order chi connectivity index (χ1) is 10.1. The van der Waals surface area contributed by atoms with Crippen LogP contribution in [-0.2, 0) is 9.59 Å². The van der Waals surface area contributed by atoms with Crippen molar-refractivity contribution in [3.8, 4) is 0 Å². The lowest BCUT2D eigenvalue weighted by molar-refractivity contribution is -0.149. The number of hydrogen-bond donors (Lipinski definition) is 2. The highest BCUT2D eigenvalue weighted by Gasteiger charge is 2.38. The molecule has 21 heavy (non-hydrogen) atoms. The van der Waals surface area contributed by atoms with Crippen LogP contribution in [0.4, 0.5) is 0 Å². The van der Waals surface area contributed by atoms with Gasteiger partial charge < -0.3 is 15.3 Å². The van der Waals surface area contributed by atoms with Gasteiger partial charge in [-0.15, -0.1) is 0 Å². The molecule has 2 aliphatic heterocycles. The number of nitrogens with zero attached hydrogens (tertiary/aromatic N) is 1. The number of amides is 1. The van der Waals surface area contributed by atoms with Crippen molar-refractivity contribution in [1.29, 1.82) is 0 Å². The monoisotopic (exact) mass is 294 g/mol. The fraction of sp³-hybridized carbons (Fsp3) is 0.875. The van der Waals surface area contributed by atoms with Gasteiger partial charge in [0.25, 0.3) is 0 Å². The van der Waals surface area contributed by atoms with Gasteiger partial charge in [0.15, 0.2) is 0 Å². The molecule has 4 atom stereocenters. The third kappa shape index (κ3) is 3.23. The summed E-state index contributed by atoms with van der Waals surface area (Å²) in [5, 5.41) is 12.5. The van der Waals surface area contributed by atoms with E-state index in [1.54, 1.807) is 0 Å². The number of fused-ring (bicyclic) bond motifs is 1. The number of carbonyl (C=O) groups is 2. The van der Waals surface area contributed by atoms with Crippen molar-refractivity contribution in [2.75, 3.05) is 13.1 Å². The Morgan fingerprint density at radius 2 is 1.71 bits per heavy atom. The number of aliphatic carboxylic acids is 1. The SMILES string of the molecule is O=C(O)C1CCCCC1C(=O)NC1CCN2CCCC2C1. The molecule has 0 bridgehead atoms. The smallest absolute Gasteiger partial charge is 0.307 e. The molecule has 1 aliphatic carbocycles. The molecule has 3 rings (SSSR count). The summed E-state index contributed by atoms with van der Waals surface area (Å²) in [6.45, 7) is 2.28. The summed E-state index contributed by atoms with van der Waals surface area (Å²) < 4.78 is 0. The minimum Gasteiger partial charge on any atom is -0.481 e. The summed E-state index contributed by atoms with van der Waals surface area (Å²) in [6, 6.07) is 0.874. The first-order valence-electron chi connectivity index (χ1n) is 8.42. The Labute approximate surface area is 126 Å². The molecule has 3 aliphatic rings. The van der Waals surface area contributed by atoms with Crippen molar-refractivity contribution in [2.45, 2.75) is 63.5 Å². The van der Waals surface area contributed by atoms with E-state index >= 15 is 0 Å². The Morgan fingerprint density at radius 3 is 2.48 bits per heavy atom. The molecule has 5 nitrogen and oxygen atoms in total. The van der Waals surface area contributed by atoms with E-state index in [0.29, 0.717) is 12.5 Å². The Morgan fingerprint density at radius 1 is 0.952 bits per heavy atom. The predicted molar refractivity (Wildman–Crippen MR) is 78.8 cm³/mol. The largest absolute Gasteiger partial charge is 0.481 e. The van der Waals surface area contributed by atoms with Crippen LogP contribution in [0.5, 0.6) is 0 Å². The van der Waals surface area contributed by atoms with E-state index in [2.05, 4.69) is 10.2 Å². The average molecular weight is 294 g/mol. The van der Waals surface area contributed by atoms with Gasteiger partial charge in [-0.05, 0) is 45.1 Å². The zero-order valence-electron chi connectivity index (χ0n) is 12.6. The molecule has 118 valence electrons. The second kappa shape index (κ2) is 6.34. The number of carbonyl (C=O) groups excluding carboxylic acids is 1. The van der Waals surface area contributed by atoms with Gasteiger partial charge in [0.05, 0.1) is 11.8 Å². The molecule has 0 spiro atoms. The van der Waals surface area contributed by atoms with Gasteiger partial charge in [0.2, 0.25) is 5.91 Å². The van der Waals surface area contributed by atoms with Gasteiger partial charge in [-0.1, -0.05) is 12.8 Å². The van der Waals surface area contributed by atoms with Crippen LogP contribution in [0.25, 0.3) is 0 Å². The third-order valence-electron chi connectivity index (χ3n) is 5.59.